The fraction of sp³-hybridized carbons (Fsp3) is 0.667. The highest BCUT2D eigenvalue weighted by atomic mass is 16.2. The number of aromatic nitrogens is 2. The standard InChI is InChI=1S/C15H24N4O2/c1-11(2)5-6-14(20)18-9-12-7-8-16-19(12)13(10-18)15(21)17(3)4/h7-8,11,13H,5-6,9-10H2,1-4H3. The Morgan fingerprint density at radius 2 is 2.14 bits per heavy atom. The summed E-state index contributed by atoms with van der Waals surface area (Å²) in [5.41, 5.74) is 0.916. The van der Waals surface area contributed by atoms with Crippen LogP contribution in [0.25, 0.3) is 0 Å². The van der Waals surface area contributed by atoms with E-state index in [9.17, 15) is 9.59 Å². The van der Waals surface area contributed by atoms with Gasteiger partial charge in [-0.05, 0) is 18.4 Å². The van der Waals surface area contributed by atoms with E-state index in [0.29, 0.717) is 25.4 Å². The molecule has 116 valence electrons. The molecule has 0 bridgehead atoms. The lowest BCUT2D eigenvalue weighted by Crippen LogP contribution is -2.46. The molecule has 1 atom stereocenters. The summed E-state index contributed by atoms with van der Waals surface area (Å²) < 4.78 is 1.74. The molecule has 0 saturated heterocycles. The van der Waals surface area contributed by atoms with Crippen molar-refractivity contribution in [2.75, 3.05) is 20.6 Å². The van der Waals surface area contributed by atoms with Crippen LogP contribution in [0.2, 0.25) is 0 Å². The van der Waals surface area contributed by atoms with E-state index in [1.165, 1.54) is 0 Å². The minimum atomic E-state index is -0.415. The summed E-state index contributed by atoms with van der Waals surface area (Å²) in [5.74, 6) is 0.595. The van der Waals surface area contributed by atoms with Crippen molar-refractivity contribution < 1.29 is 9.59 Å². The van der Waals surface area contributed by atoms with Crippen LogP contribution in [0.4, 0.5) is 0 Å². The molecule has 0 radical (unpaired) electrons. The zero-order valence-corrected chi connectivity index (χ0v) is 13.2. The van der Waals surface area contributed by atoms with Gasteiger partial charge in [0.2, 0.25) is 11.8 Å². The molecule has 21 heavy (non-hydrogen) atoms. The molecule has 6 nitrogen and oxygen atoms in total. The summed E-state index contributed by atoms with van der Waals surface area (Å²) in [6, 6.07) is 1.46. The lowest BCUT2D eigenvalue weighted by Gasteiger charge is -2.34. The third-order valence-corrected chi connectivity index (χ3v) is 3.81. The lowest BCUT2D eigenvalue weighted by atomic mass is 10.1. The number of hydrogen-bond donors (Lipinski definition) is 0. The van der Waals surface area contributed by atoms with E-state index in [1.54, 1.807) is 34.8 Å². The van der Waals surface area contributed by atoms with E-state index in [-0.39, 0.29) is 11.8 Å². The molecule has 1 unspecified atom stereocenters. The first-order chi connectivity index (χ1) is 9.90. The Bertz CT molecular complexity index is 521. The molecule has 6 heteroatoms. The van der Waals surface area contributed by atoms with Crippen molar-refractivity contribution in [1.82, 2.24) is 19.6 Å². The van der Waals surface area contributed by atoms with Gasteiger partial charge in [-0.1, -0.05) is 13.8 Å². The number of hydrogen-bond acceptors (Lipinski definition) is 3. The smallest absolute Gasteiger partial charge is 0.248 e. The minimum Gasteiger partial charge on any atom is -0.347 e. The van der Waals surface area contributed by atoms with E-state index in [1.807, 2.05) is 6.07 Å². The summed E-state index contributed by atoms with van der Waals surface area (Å²) in [6.07, 6.45) is 3.10. The van der Waals surface area contributed by atoms with Crippen LogP contribution in [0, 0.1) is 5.92 Å². The second-order valence-electron chi connectivity index (χ2n) is 6.22. The van der Waals surface area contributed by atoms with Crippen LogP contribution in [0.15, 0.2) is 12.3 Å². The van der Waals surface area contributed by atoms with Gasteiger partial charge < -0.3 is 9.80 Å². The van der Waals surface area contributed by atoms with Gasteiger partial charge in [0.1, 0.15) is 6.04 Å². The van der Waals surface area contributed by atoms with Crippen LogP contribution < -0.4 is 0 Å². The Labute approximate surface area is 125 Å². The predicted octanol–water partition coefficient (Wildman–Crippen LogP) is 1.29. The number of carbonyl (C=O) groups is 2. The summed E-state index contributed by atoms with van der Waals surface area (Å²) in [5, 5.41) is 4.24. The van der Waals surface area contributed by atoms with Crippen LogP contribution in [-0.4, -0.2) is 52.0 Å². The third kappa shape index (κ3) is 3.43. The maximum atomic E-state index is 12.3. The molecule has 2 heterocycles. The van der Waals surface area contributed by atoms with Crippen molar-refractivity contribution in [1.29, 1.82) is 0 Å². The Balaban J connectivity index is 2.14. The number of nitrogens with zero attached hydrogens (tertiary/aromatic N) is 4. The van der Waals surface area contributed by atoms with E-state index in [0.717, 1.165) is 12.1 Å². The molecule has 1 aromatic rings. The zero-order chi connectivity index (χ0) is 15.6. The summed E-state index contributed by atoms with van der Waals surface area (Å²) in [7, 11) is 3.45. The normalized spacial score (nSPS) is 17.8. The quantitative estimate of drug-likeness (QED) is 0.840. The molecule has 1 aliphatic rings. The average Bonchev–Trinajstić information content (AvgIpc) is 2.90. The molecule has 0 spiro atoms. The molecule has 2 rings (SSSR count). The topological polar surface area (TPSA) is 58.4 Å². The second-order valence-corrected chi connectivity index (χ2v) is 6.22. The zero-order valence-electron chi connectivity index (χ0n) is 13.2. The molecule has 0 fully saturated rings. The van der Waals surface area contributed by atoms with E-state index in [4.69, 9.17) is 0 Å². The maximum absolute atomic E-state index is 12.3. The summed E-state index contributed by atoms with van der Waals surface area (Å²) in [4.78, 5) is 28.0. The largest absolute Gasteiger partial charge is 0.347 e. The predicted molar refractivity (Wildman–Crippen MR) is 79.4 cm³/mol. The highest BCUT2D eigenvalue weighted by Crippen LogP contribution is 2.22. The van der Waals surface area contributed by atoms with Gasteiger partial charge >= 0.3 is 0 Å². The van der Waals surface area contributed by atoms with Gasteiger partial charge in [-0.25, -0.2) is 0 Å². The highest BCUT2D eigenvalue weighted by molar-refractivity contribution is 5.82. The first-order valence-corrected chi connectivity index (χ1v) is 7.41. The molecule has 0 saturated carbocycles. The van der Waals surface area contributed by atoms with Gasteiger partial charge in [0.05, 0.1) is 18.8 Å². The average molecular weight is 292 g/mol. The van der Waals surface area contributed by atoms with Crippen LogP contribution in [0.3, 0.4) is 0 Å². The van der Waals surface area contributed by atoms with Crippen molar-refractivity contribution in [3.8, 4) is 0 Å². The van der Waals surface area contributed by atoms with Crippen LogP contribution in [0.5, 0.6) is 0 Å². The van der Waals surface area contributed by atoms with Gasteiger partial charge in [-0.3, -0.25) is 14.3 Å². The molecule has 0 aliphatic carbocycles. The van der Waals surface area contributed by atoms with Gasteiger partial charge in [0.15, 0.2) is 0 Å². The molecule has 0 aromatic carbocycles. The van der Waals surface area contributed by atoms with Crippen molar-refractivity contribution in [2.45, 2.75) is 39.3 Å². The number of carbonyl (C=O) groups excluding carboxylic acids is 2. The van der Waals surface area contributed by atoms with Crippen molar-refractivity contribution in [3.05, 3.63) is 18.0 Å². The molecule has 1 aromatic heterocycles. The lowest BCUT2D eigenvalue weighted by molar-refractivity contribution is -0.138. The van der Waals surface area contributed by atoms with Crippen molar-refractivity contribution >= 4 is 11.8 Å². The molecule has 2 amide bonds. The summed E-state index contributed by atoms with van der Waals surface area (Å²) >= 11 is 0. The maximum Gasteiger partial charge on any atom is 0.248 e. The van der Waals surface area contributed by atoms with E-state index < -0.39 is 6.04 Å². The third-order valence-electron chi connectivity index (χ3n) is 3.81. The van der Waals surface area contributed by atoms with Crippen LogP contribution in [-0.2, 0) is 16.1 Å². The Morgan fingerprint density at radius 3 is 2.76 bits per heavy atom. The molecular formula is C15H24N4O2. The second kappa shape index (κ2) is 6.28. The number of likely N-dealkylation sites (N-methyl/N-ethyl adjacent to an activating group) is 1. The first-order valence-electron chi connectivity index (χ1n) is 7.41. The SMILES string of the molecule is CC(C)CCC(=O)N1Cc2ccnn2C(C(=O)N(C)C)C1. The van der Waals surface area contributed by atoms with Gasteiger partial charge in [-0.2, -0.15) is 5.10 Å². The van der Waals surface area contributed by atoms with Gasteiger partial charge in [0.25, 0.3) is 0 Å². The fourth-order valence-corrected chi connectivity index (χ4v) is 2.53. The van der Waals surface area contributed by atoms with Gasteiger partial charge in [0, 0.05) is 26.7 Å². The van der Waals surface area contributed by atoms with E-state index >= 15 is 0 Å². The van der Waals surface area contributed by atoms with Crippen molar-refractivity contribution in [2.24, 2.45) is 5.92 Å². The van der Waals surface area contributed by atoms with E-state index in [2.05, 4.69) is 18.9 Å². The van der Waals surface area contributed by atoms with Gasteiger partial charge in [-0.15, -0.1) is 0 Å². The number of rotatable bonds is 4. The number of amides is 2. The Kier molecular flexibility index (Phi) is 4.65. The molecule has 1 aliphatic heterocycles. The van der Waals surface area contributed by atoms with Crippen molar-refractivity contribution in [3.63, 3.8) is 0 Å². The molecule has 0 N–H and O–H groups in total. The molecular weight excluding hydrogens is 268 g/mol. The number of fused-ring (bicyclic) bond motifs is 1. The van der Waals surface area contributed by atoms with Crippen LogP contribution in [0.1, 0.15) is 38.4 Å². The monoisotopic (exact) mass is 292 g/mol. The van der Waals surface area contributed by atoms with Crippen LogP contribution >= 0.6 is 0 Å². The minimum absolute atomic E-state index is 0.0266. The Hall–Kier alpha value is -1.85. The highest BCUT2D eigenvalue weighted by Gasteiger charge is 2.33. The first kappa shape index (κ1) is 15.5. The fourth-order valence-electron chi connectivity index (χ4n) is 2.53. The Morgan fingerprint density at radius 1 is 1.43 bits per heavy atom. The summed E-state index contributed by atoms with van der Waals surface area (Å²) in [6.45, 7) is 5.16.